The molecule has 17 heavy (non-hydrogen) atoms. The van der Waals surface area contributed by atoms with Gasteiger partial charge in [0.25, 0.3) is 0 Å². The molecule has 0 amide bonds. The molecule has 0 bridgehead atoms. The summed E-state index contributed by atoms with van der Waals surface area (Å²) in [4.78, 5) is 0. The lowest BCUT2D eigenvalue weighted by atomic mass is 9.94. The average Bonchev–Trinajstić information content (AvgIpc) is 2.73. The van der Waals surface area contributed by atoms with Gasteiger partial charge in [-0.3, -0.25) is 0 Å². The van der Waals surface area contributed by atoms with Crippen LogP contribution in [0, 0.1) is 11.6 Å². The maximum Gasteiger partial charge on any atom is 0.163 e. The van der Waals surface area contributed by atoms with E-state index >= 15 is 0 Å². The van der Waals surface area contributed by atoms with Gasteiger partial charge in [-0.1, -0.05) is 0 Å². The molecule has 1 aromatic carbocycles. The molecule has 94 valence electrons. The molecule has 0 radical (unpaired) electrons. The molecule has 2 rings (SSSR count). The number of benzene rings is 1. The second kappa shape index (κ2) is 4.33. The predicted octanol–water partition coefficient (Wildman–Crippen LogP) is 3.59. The third kappa shape index (κ3) is 2.46. The minimum absolute atomic E-state index is 0.181. The summed E-state index contributed by atoms with van der Waals surface area (Å²) in [5, 5.41) is 3.09. The molecule has 1 atom stereocenters. The summed E-state index contributed by atoms with van der Waals surface area (Å²) >= 11 is 0. The van der Waals surface area contributed by atoms with Gasteiger partial charge < -0.3 is 5.32 Å². The number of nitrogens with one attached hydrogen (secondary N) is 1. The Kier molecular flexibility index (Phi) is 3.17. The number of hydrogen-bond donors (Lipinski definition) is 1. The summed E-state index contributed by atoms with van der Waals surface area (Å²) in [7, 11) is 0. The normalized spacial score (nSPS) is 20.9. The Bertz CT molecular complexity index is 417. The molecule has 0 saturated carbocycles. The summed E-state index contributed by atoms with van der Waals surface area (Å²) in [6, 6.07) is 2.17. The quantitative estimate of drug-likeness (QED) is 0.837. The van der Waals surface area contributed by atoms with E-state index in [2.05, 4.69) is 5.32 Å². The molecule has 1 N–H and O–H groups in total. The summed E-state index contributed by atoms with van der Waals surface area (Å²) < 4.78 is 40.9. The van der Waals surface area contributed by atoms with E-state index in [-0.39, 0.29) is 17.2 Å². The molecule has 1 unspecified atom stereocenters. The molecule has 1 heterocycles. The third-order valence-electron chi connectivity index (χ3n) is 3.18. The van der Waals surface area contributed by atoms with Crippen LogP contribution >= 0.6 is 0 Å². The number of hydrogen-bond acceptors (Lipinski definition) is 1. The average molecular weight is 243 g/mol. The largest absolute Gasteiger partial charge is 0.310 e. The minimum atomic E-state index is -1.66. The van der Waals surface area contributed by atoms with Crippen LogP contribution in [0.1, 0.15) is 43.9 Å². The smallest absolute Gasteiger partial charge is 0.163 e. The summed E-state index contributed by atoms with van der Waals surface area (Å²) in [6.45, 7) is 3.46. The highest BCUT2D eigenvalue weighted by atomic mass is 19.2. The van der Waals surface area contributed by atoms with Crippen molar-refractivity contribution in [3.8, 4) is 0 Å². The second-order valence-corrected chi connectivity index (χ2v) is 4.98. The van der Waals surface area contributed by atoms with Crippen LogP contribution in [0.25, 0.3) is 0 Å². The minimum Gasteiger partial charge on any atom is -0.310 e. The molecule has 4 heteroatoms. The lowest BCUT2D eigenvalue weighted by Gasteiger charge is -2.19. The number of halogens is 3. The first-order valence-corrected chi connectivity index (χ1v) is 5.81. The van der Waals surface area contributed by atoms with Crippen LogP contribution in [0.2, 0.25) is 0 Å². The van der Waals surface area contributed by atoms with Crippen LogP contribution in [-0.2, 0) is 5.67 Å². The van der Waals surface area contributed by atoms with Gasteiger partial charge in [-0.25, -0.2) is 13.2 Å². The first-order chi connectivity index (χ1) is 7.89. The van der Waals surface area contributed by atoms with Crippen molar-refractivity contribution in [1.29, 1.82) is 0 Å². The Hall–Kier alpha value is -1.03. The predicted molar refractivity (Wildman–Crippen MR) is 60.5 cm³/mol. The van der Waals surface area contributed by atoms with Crippen molar-refractivity contribution in [2.45, 2.75) is 38.4 Å². The zero-order valence-electron chi connectivity index (χ0n) is 9.99. The Labute approximate surface area is 99.0 Å². The summed E-state index contributed by atoms with van der Waals surface area (Å²) in [5.74, 6) is -1.84. The molecule has 1 saturated heterocycles. The van der Waals surface area contributed by atoms with E-state index in [9.17, 15) is 13.2 Å². The van der Waals surface area contributed by atoms with Crippen LogP contribution in [-0.4, -0.2) is 6.54 Å². The third-order valence-corrected chi connectivity index (χ3v) is 3.18. The van der Waals surface area contributed by atoms with Crippen LogP contribution in [0.15, 0.2) is 12.1 Å². The zero-order chi connectivity index (χ0) is 12.6. The van der Waals surface area contributed by atoms with Crippen molar-refractivity contribution < 1.29 is 13.2 Å². The molecular formula is C13H16F3N. The molecule has 1 nitrogen and oxygen atoms in total. The van der Waals surface area contributed by atoms with Gasteiger partial charge in [-0.05, 0) is 50.9 Å². The fourth-order valence-electron chi connectivity index (χ4n) is 2.16. The van der Waals surface area contributed by atoms with E-state index in [1.54, 1.807) is 0 Å². The van der Waals surface area contributed by atoms with Gasteiger partial charge in [0.15, 0.2) is 11.6 Å². The van der Waals surface area contributed by atoms with Crippen LogP contribution < -0.4 is 5.32 Å². The monoisotopic (exact) mass is 243 g/mol. The van der Waals surface area contributed by atoms with E-state index < -0.39 is 17.3 Å². The van der Waals surface area contributed by atoms with Crippen molar-refractivity contribution in [1.82, 2.24) is 5.32 Å². The van der Waals surface area contributed by atoms with Crippen LogP contribution in [0.3, 0.4) is 0 Å². The van der Waals surface area contributed by atoms with Crippen molar-refractivity contribution in [2.24, 2.45) is 0 Å². The molecule has 0 aliphatic carbocycles. The molecule has 0 spiro atoms. The highest BCUT2D eigenvalue weighted by molar-refractivity contribution is 5.32. The van der Waals surface area contributed by atoms with Gasteiger partial charge in [0.05, 0.1) is 0 Å². The van der Waals surface area contributed by atoms with Gasteiger partial charge in [-0.15, -0.1) is 0 Å². The highest BCUT2D eigenvalue weighted by Gasteiger charge is 2.27. The topological polar surface area (TPSA) is 12.0 Å². The van der Waals surface area contributed by atoms with E-state index in [4.69, 9.17) is 0 Å². The fourth-order valence-corrected chi connectivity index (χ4v) is 2.16. The lowest BCUT2D eigenvalue weighted by molar-refractivity contribution is 0.220. The number of alkyl halides is 1. The van der Waals surface area contributed by atoms with Gasteiger partial charge in [0.2, 0.25) is 0 Å². The van der Waals surface area contributed by atoms with E-state index in [1.165, 1.54) is 19.9 Å². The Morgan fingerprint density at radius 3 is 2.53 bits per heavy atom. The lowest BCUT2D eigenvalue weighted by Crippen LogP contribution is -2.18. The van der Waals surface area contributed by atoms with Crippen molar-refractivity contribution in [3.05, 3.63) is 34.9 Å². The zero-order valence-corrected chi connectivity index (χ0v) is 9.99. The molecule has 1 aromatic rings. The highest BCUT2D eigenvalue weighted by Crippen LogP contribution is 2.32. The van der Waals surface area contributed by atoms with E-state index in [0.717, 1.165) is 25.5 Å². The first-order valence-electron chi connectivity index (χ1n) is 5.81. The van der Waals surface area contributed by atoms with Gasteiger partial charge in [0, 0.05) is 11.6 Å². The second-order valence-electron chi connectivity index (χ2n) is 4.98. The maximum atomic E-state index is 13.8. The molecule has 1 aliphatic rings. The Balaban J connectivity index is 2.46. The summed E-state index contributed by atoms with van der Waals surface area (Å²) in [6.07, 6.45) is 1.68. The van der Waals surface area contributed by atoms with E-state index in [0.29, 0.717) is 0 Å². The van der Waals surface area contributed by atoms with Crippen molar-refractivity contribution in [3.63, 3.8) is 0 Å². The summed E-state index contributed by atoms with van der Waals surface area (Å²) in [5.41, 5.74) is -1.25. The van der Waals surface area contributed by atoms with Crippen molar-refractivity contribution in [2.75, 3.05) is 6.54 Å². The van der Waals surface area contributed by atoms with E-state index in [1.807, 2.05) is 0 Å². The number of rotatable bonds is 2. The SMILES string of the molecule is CC(C)(F)c1cc(F)c(F)c(C2CCCN2)c1. The van der Waals surface area contributed by atoms with Crippen molar-refractivity contribution >= 4 is 0 Å². The standard InChI is InChI=1S/C13H16F3N/c1-13(2,16)8-6-9(11-4-3-5-17-11)12(15)10(14)7-8/h6-7,11,17H,3-5H2,1-2H3. The maximum absolute atomic E-state index is 13.8. The molecule has 1 fully saturated rings. The Morgan fingerprint density at radius 2 is 2.00 bits per heavy atom. The van der Waals surface area contributed by atoms with Gasteiger partial charge in [0.1, 0.15) is 5.67 Å². The van der Waals surface area contributed by atoms with Crippen LogP contribution in [0.4, 0.5) is 13.2 Å². The Morgan fingerprint density at radius 1 is 1.29 bits per heavy atom. The van der Waals surface area contributed by atoms with Gasteiger partial charge in [-0.2, -0.15) is 0 Å². The van der Waals surface area contributed by atoms with Gasteiger partial charge >= 0.3 is 0 Å². The first kappa shape index (κ1) is 12.4. The molecule has 1 aliphatic heterocycles. The molecular weight excluding hydrogens is 227 g/mol. The fraction of sp³-hybridized carbons (Fsp3) is 0.538. The molecule has 0 aromatic heterocycles. The van der Waals surface area contributed by atoms with Crippen LogP contribution in [0.5, 0.6) is 0 Å².